The van der Waals surface area contributed by atoms with Crippen LogP contribution in [0, 0.1) is 11.2 Å². The van der Waals surface area contributed by atoms with E-state index in [2.05, 4.69) is 15.3 Å². The van der Waals surface area contributed by atoms with E-state index < -0.39 is 23.6 Å². The van der Waals surface area contributed by atoms with E-state index in [0.29, 0.717) is 19.7 Å². The Bertz CT molecular complexity index is 1000. The number of halogens is 5. The number of piperidine rings is 1. The zero-order valence-electron chi connectivity index (χ0n) is 17.7. The maximum atomic E-state index is 13.8. The third-order valence-corrected chi connectivity index (χ3v) is 6.61. The van der Waals surface area contributed by atoms with Crippen LogP contribution < -0.4 is 10.2 Å². The molecule has 2 aromatic rings. The zero-order chi connectivity index (χ0) is 23.6. The highest BCUT2D eigenvalue weighted by Gasteiger charge is 2.40. The third-order valence-electron chi connectivity index (χ3n) is 6.38. The molecule has 3 heterocycles. The molecule has 33 heavy (non-hydrogen) atoms. The normalized spacial score (nSPS) is 20.6. The van der Waals surface area contributed by atoms with Gasteiger partial charge in [-0.2, -0.15) is 13.2 Å². The maximum Gasteiger partial charge on any atom is 0.433 e. The van der Waals surface area contributed by atoms with Crippen LogP contribution in [0.15, 0.2) is 30.6 Å². The number of carbonyl (C=O) groups excluding carboxylic acids is 1. The summed E-state index contributed by atoms with van der Waals surface area (Å²) < 4.78 is 58.6. The zero-order valence-corrected chi connectivity index (χ0v) is 18.4. The Morgan fingerprint density at radius 3 is 2.64 bits per heavy atom. The highest BCUT2D eigenvalue weighted by Crippen LogP contribution is 2.41. The Hall–Kier alpha value is -2.46. The second kappa shape index (κ2) is 9.42. The van der Waals surface area contributed by atoms with Crippen molar-refractivity contribution in [2.45, 2.75) is 38.0 Å². The summed E-state index contributed by atoms with van der Waals surface area (Å²) >= 11 is 5.84. The predicted octanol–water partition coefficient (Wildman–Crippen LogP) is 4.48. The Kier molecular flexibility index (Phi) is 6.76. The number of alkyl halides is 3. The summed E-state index contributed by atoms with van der Waals surface area (Å²) in [7, 11) is 0. The monoisotopic (exact) mass is 486 g/mol. The van der Waals surface area contributed by atoms with E-state index in [1.54, 1.807) is 0 Å². The maximum absolute atomic E-state index is 13.8. The molecular formula is C22H23ClF4N4O2. The second-order valence-corrected chi connectivity index (χ2v) is 8.99. The first-order valence-electron chi connectivity index (χ1n) is 10.6. The fourth-order valence-corrected chi connectivity index (χ4v) is 4.50. The van der Waals surface area contributed by atoms with Crippen molar-refractivity contribution in [2.75, 3.05) is 31.1 Å². The molecule has 11 heteroatoms. The molecular weight excluding hydrogens is 464 g/mol. The largest absolute Gasteiger partial charge is 0.433 e. The molecule has 2 saturated heterocycles. The predicted molar refractivity (Wildman–Crippen MR) is 114 cm³/mol. The van der Waals surface area contributed by atoms with Gasteiger partial charge >= 0.3 is 6.18 Å². The second-order valence-electron chi connectivity index (χ2n) is 8.55. The summed E-state index contributed by atoms with van der Waals surface area (Å²) in [6.45, 7) is 1.92. The lowest BCUT2D eigenvalue weighted by atomic mass is 9.73. The van der Waals surface area contributed by atoms with Gasteiger partial charge in [0, 0.05) is 30.7 Å². The van der Waals surface area contributed by atoms with Gasteiger partial charge < -0.3 is 15.0 Å². The number of carbonyl (C=O) groups is 1. The summed E-state index contributed by atoms with van der Waals surface area (Å²) in [5.74, 6) is -0.911. The number of aromatic nitrogens is 2. The van der Waals surface area contributed by atoms with Crippen LogP contribution >= 0.6 is 11.6 Å². The first kappa shape index (κ1) is 23.7. The number of nitrogens with zero attached hydrogens (tertiary/aromatic N) is 3. The Morgan fingerprint density at radius 1 is 1.21 bits per heavy atom. The van der Waals surface area contributed by atoms with Gasteiger partial charge in [0.15, 0.2) is 0 Å². The molecule has 0 aliphatic carbocycles. The number of rotatable bonds is 4. The molecule has 2 fully saturated rings. The first-order chi connectivity index (χ1) is 15.7. The van der Waals surface area contributed by atoms with Gasteiger partial charge in [-0.25, -0.2) is 14.4 Å². The molecule has 2 aliphatic rings. The van der Waals surface area contributed by atoms with Crippen LogP contribution in [-0.4, -0.2) is 48.2 Å². The van der Waals surface area contributed by atoms with Gasteiger partial charge in [-0.1, -0.05) is 11.6 Å². The van der Waals surface area contributed by atoms with Crippen molar-refractivity contribution in [3.8, 4) is 0 Å². The van der Waals surface area contributed by atoms with Crippen molar-refractivity contribution in [3.05, 3.63) is 52.7 Å². The molecule has 1 atom stereocenters. The molecule has 1 N–H and O–H groups in total. The van der Waals surface area contributed by atoms with E-state index in [0.717, 1.165) is 44.1 Å². The summed E-state index contributed by atoms with van der Waals surface area (Å²) in [6, 6.07) is 4.79. The quantitative estimate of drug-likeness (QED) is 0.645. The van der Waals surface area contributed by atoms with Crippen LogP contribution in [0.5, 0.6) is 0 Å². The number of hydrogen-bond acceptors (Lipinski definition) is 5. The molecule has 1 aromatic carbocycles. The van der Waals surface area contributed by atoms with Crippen LogP contribution in [-0.2, 0) is 10.9 Å². The summed E-state index contributed by atoms with van der Waals surface area (Å²) in [6.07, 6.45) is -0.601. The fourth-order valence-electron chi connectivity index (χ4n) is 4.33. The molecule has 1 aromatic heterocycles. The Labute approximate surface area is 193 Å². The lowest BCUT2D eigenvalue weighted by molar-refractivity contribution is -0.141. The average molecular weight is 487 g/mol. The van der Waals surface area contributed by atoms with Gasteiger partial charge in [0.25, 0.3) is 5.91 Å². The van der Waals surface area contributed by atoms with Crippen LogP contribution in [0.3, 0.4) is 0 Å². The third kappa shape index (κ3) is 5.55. The number of amides is 1. The highest BCUT2D eigenvalue weighted by atomic mass is 35.5. The van der Waals surface area contributed by atoms with Crippen LogP contribution in [0.25, 0.3) is 0 Å². The molecule has 4 rings (SSSR count). The van der Waals surface area contributed by atoms with Gasteiger partial charge in [-0.15, -0.1) is 0 Å². The molecule has 178 valence electrons. The standard InChI is InChI=1S/C22H23ClF4N4O2/c23-14-1-2-17(24)16(9-14)20(32)28-11-15-3-4-21(12-33-15)5-7-31(8-6-21)19-10-18(22(25,26)27)29-13-30-19/h1-2,9-10,13,15H,3-8,11-12H2,(H,28,32). The number of ether oxygens (including phenoxy) is 1. The number of nitrogens with one attached hydrogen (secondary N) is 1. The van der Waals surface area contributed by atoms with Crippen molar-refractivity contribution in [1.29, 1.82) is 0 Å². The Morgan fingerprint density at radius 2 is 1.97 bits per heavy atom. The number of anilines is 1. The van der Waals surface area contributed by atoms with E-state index in [4.69, 9.17) is 16.3 Å². The molecule has 1 unspecified atom stereocenters. The molecule has 1 spiro atoms. The summed E-state index contributed by atoms with van der Waals surface area (Å²) in [5.41, 5.74) is -1.10. The molecule has 1 amide bonds. The molecule has 0 saturated carbocycles. The first-order valence-corrected chi connectivity index (χ1v) is 11.0. The van der Waals surface area contributed by atoms with Crippen molar-refractivity contribution < 1.29 is 27.1 Å². The topological polar surface area (TPSA) is 67.4 Å². The highest BCUT2D eigenvalue weighted by molar-refractivity contribution is 6.31. The molecule has 0 radical (unpaired) electrons. The SMILES string of the molecule is O=C(NCC1CCC2(CCN(c3cc(C(F)(F)F)ncn3)CC2)CO1)c1cc(Cl)ccc1F. The van der Waals surface area contributed by atoms with E-state index in [1.165, 1.54) is 12.1 Å². The number of benzene rings is 1. The average Bonchev–Trinajstić information content (AvgIpc) is 2.80. The van der Waals surface area contributed by atoms with Gasteiger partial charge in [-0.05, 0) is 49.3 Å². The van der Waals surface area contributed by atoms with Crippen LogP contribution in [0.2, 0.25) is 5.02 Å². The minimum absolute atomic E-state index is 0.0457. The van der Waals surface area contributed by atoms with Crippen molar-refractivity contribution in [3.63, 3.8) is 0 Å². The lowest BCUT2D eigenvalue weighted by Gasteiger charge is -2.46. The van der Waals surface area contributed by atoms with Gasteiger partial charge in [0.2, 0.25) is 0 Å². The van der Waals surface area contributed by atoms with Gasteiger partial charge in [0.05, 0.1) is 18.3 Å². The number of hydrogen-bond donors (Lipinski definition) is 1. The van der Waals surface area contributed by atoms with Gasteiger partial charge in [0.1, 0.15) is 23.7 Å². The van der Waals surface area contributed by atoms with E-state index in [-0.39, 0.29) is 34.5 Å². The van der Waals surface area contributed by atoms with Crippen LogP contribution in [0.1, 0.15) is 41.7 Å². The molecule has 0 bridgehead atoms. The minimum atomic E-state index is -4.51. The smallest absolute Gasteiger partial charge is 0.376 e. The molecule has 2 aliphatic heterocycles. The van der Waals surface area contributed by atoms with Gasteiger partial charge in [-0.3, -0.25) is 4.79 Å². The van der Waals surface area contributed by atoms with Crippen LogP contribution in [0.4, 0.5) is 23.4 Å². The van der Waals surface area contributed by atoms with Crippen molar-refractivity contribution in [1.82, 2.24) is 15.3 Å². The van der Waals surface area contributed by atoms with Crippen molar-refractivity contribution >= 4 is 23.3 Å². The Balaban J connectivity index is 1.26. The summed E-state index contributed by atoms with van der Waals surface area (Å²) in [4.78, 5) is 21.4. The minimum Gasteiger partial charge on any atom is -0.376 e. The van der Waals surface area contributed by atoms with E-state index in [1.807, 2.05) is 4.90 Å². The lowest BCUT2D eigenvalue weighted by Crippen LogP contribution is -2.47. The fraction of sp³-hybridized carbons (Fsp3) is 0.500. The van der Waals surface area contributed by atoms with E-state index >= 15 is 0 Å². The van der Waals surface area contributed by atoms with Crippen molar-refractivity contribution in [2.24, 2.45) is 5.41 Å². The molecule has 6 nitrogen and oxygen atoms in total. The summed E-state index contributed by atoms with van der Waals surface area (Å²) in [5, 5.41) is 2.98. The van der Waals surface area contributed by atoms with E-state index in [9.17, 15) is 22.4 Å².